The molecule has 0 spiro atoms. The van der Waals surface area contributed by atoms with Crippen LogP contribution in [0.1, 0.15) is 49.5 Å². The number of carbonyl (C=O) groups excluding carboxylic acids is 1. The fraction of sp³-hybridized carbons (Fsp3) is 0.500. The number of benzene rings is 1. The van der Waals surface area contributed by atoms with Gasteiger partial charge in [0.05, 0.1) is 24.3 Å². The van der Waals surface area contributed by atoms with Crippen LogP contribution in [0, 0.1) is 11.8 Å². The molecule has 0 aliphatic heterocycles. The number of rotatable bonds is 7. The number of methoxy groups -OCH3 is 1. The number of ether oxygens (including phenoxy) is 2. The van der Waals surface area contributed by atoms with Crippen molar-refractivity contribution in [3.8, 4) is 17.6 Å². The van der Waals surface area contributed by atoms with Gasteiger partial charge in [0.2, 0.25) is 0 Å². The predicted molar refractivity (Wildman–Crippen MR) is 91.4 cm³/mol. The van der Waals surface area contributed by atoms with Crippen molar-refractivity contribution in [3.05, 3.63) is 23.3 Å². The smallest absolute Gasteiger partial charge is 0.338 e. The van der Waals surface area contributed by atoms with Crippen LogP contribution in [0.3, 0.4) is 0 Å². The lowest BCUT2D eigenvalue weighted by Gasteiger charge is -2.14. The second-order valence-corrected chi connectivity index (χ2v) is 5.38. The van der Waals surface area contributed by atoms with Gasteiger partial charge in [-0.25, -0.2) is 4.79 Å². The summed E-state index contributed by atoms with van der Waals surface area (Å²) in [6.45, 7) is 7.27. The maximum absolute atomic E-state index is 11.9. The lowest BCUT2D eigenvalue weighted by Crippen LogP contribution is -2.14. The number of hydrogen-bond acceptors (Lipinski definition) is 5. The summed E-state index contributed by atoms with van der Waals surface area (Å²) in [5, 5.41) is 10.4. The monoisotopic (exact) mass is 329 g/mol. The lowest BCUT2D eigenvalue weighted by atomic mass is 10.1. The number of hydrogen-bond donors (Lipinski definition) is 0. The van der Waals surface area contributed by atoms with E-state index in [9.17, 15) is 4.79 Å². The first-order valence-corrected chi connectivity index (χ1v) is 8.15. The van der Waals surface area contributed by atoms with Crippen LogP contribution in [-0.2, 0) is 4.74 Å². The SMILES string of the molecule is CC#Cc1cc(C(=O)OC)cc(OC2CC2)c1N=NN(CC)CC. The van der Waals surface area contributed by atoms with Crippen molar-refractivity contribution in [1.82, 2.24) is 5.01 Å². The molecule has 6 nitrogen and oxygen atoms in total. The number of esters is 1. The van der Waals surface area contributed by atoms with Crippen LogP contribution in [0.2, 0.25) is 0 Å². The lowest BCUT2D eigenvalue weighted by molar-refractivity contribution is 0.0600. The van der Waals surface area contributed by atoms with Gasteiger partial charge >= 0.3 is 5.97 Å². The Kier molecular flexibility index (Phi) is 6.19. The van der Waals surface area contributed by atoms with Gasteiger partial charge in [-0.15, -0.1) is 11.0 Å². The highest BCUT2D eigenvalue weighted by Gasteiger charge is 2.26. The normalized spacial score (nSPS) is 13.3. The summed E-state index contributed by atoms with van der Waals surface area (Å²) >= 11 is 0. The van der Waals surface area contributed by atoms with Gasteiger partial charge in [-0.1, -0.05) is 11.1 Å². The van der Waals surface area contributed by atoms with Crippen LogP contribution in [0.25, 0.3) is 0 Å². The van der Waals surface area contributed by atoms with Crippen LogP contribution < -0.4 is 4.74 Å². The largest absolute Gasteiger partial charge is 0.488 e. The molecule has 0 radical (unpaired) electrons. The third-order valence-corrected chi connectivity index (χ3v) is 3.57. The van der Waals surface area contributed by atoms with Crippen LogP contribution in [0.4, 0.5) is 5.69 Å². The minimum atomic E-state index is -0.429. The molecule has 0 unspecified atom stereocenters. The molecule has 2 rings (SSSR count). The molecule has 0 bridgehead atoms. The Morgan fingerprint density at radius 1 is 1.33 bits per heavy atom. The Hall–Kier alpha value is -2.55. The molecule has 0 atom stereocenters. The highest BCUT2D eigenvalue weighted by molar-refractivity contribution is 5.91. The van der Waals surface area contributed by atoms with E-state index >= 15 is 0 Å². The second kappa shape index (κ2) is 8.34. The van der Waals surface area contributed by atoms with Gasteiger partial charge < -0.3 is 9.47 Å². The molecule has 1 aromatic rings. The Morgan fingerprint density at radius 2 is 2.04 bits per heavy atom. The molecule has 1 saturated carbocycles. The summed E-state index contributed by atoms with van der Waals surface area (Å²) in [6.07, 6.45) is 2.18. The summed E-state index contributed by atoms with van der Waals surface area (Å²) < 4.78 is 10.7. The molecule has 24 heavy (non-hydrogen) atoms. The van der Waals surface area contributed by atoms with Gasteiger partial charge in [-0.3, -0.25) is 5.01 Å². The molecular weight excluding hydrogens is 306 g/mol. The van der Waals surface area contributed by atoms with Crippen molar-refractivity contribution in [3.63, 3.8) is 0 Å². The van der Waals surface area contributed by atoms with Gasteiger partial charge in [0.25, 0.3) is 0 Å². The molecule has 6 heteroatoms. The van der Waals surface area contributed by atoms with Crippen LogP contribution >= 0.6 is 0 Å². The van der Waals surface area contributed by atoms with E-state index in [0.717, 1.165) is 25.9 Å². The first-order chi connectivity index (χ1) is 11.6. The number of carbonyl (C=O) groups is 1. The topological polar surface area (TPSA) is 63.5 Å². The molecule has 0 aromatic heterocycles. The summed E-state index contributed by atoms with van der Waals surface area (Å²) in [5.41, 5.74) is 1.55. The van der Waals surface area contributed by atoms with E-state index in [0.29, 0.717) is 22.6 Å². The molecule has 128 valence electrons. The average Bonchev–Trinajstić information content (AvgIpc) is 3.40. The van der Waals surface area contributed by atoms with E-state index in [1.54, 1.807) is 19.1 Å². The zero-order valence-corrected chi connectivity index (χ0v) is 14.6. The van der Waals surface area contributed by atoms with E-state index in [2.05, 4.69) is 22.2 Å². The highest BCUT2D eigenvalue weighted by atomic mass is 16.5. The maximum Gasteiger partial charge on any atom is 0.338 e. The molecule has 1 aliphatic rings. The molecule has 1 aromatic carbocycles. The molecule has 0 saturated heterocycles. The van der Waals surface area contributed by atoms with Crippen molar-refractivity contribution in [2.75, 3.05) is 20.2 Å². The predicted octanol–water partition coefficient (Wildman–Crippen LogP) is 3.73. The number of nitrogens with zero attached hydrogens (tertiary/aromatic N) is 3. The maximum atomic E-state index is 11.9. The quantitative estimate of drug-likeness (QED) is 0.331. The third-order valence-electron chi connectivity index (χ3n) is 3.57. The van der Waals surface area contributed by atoms with Crippen molar-refractivity contribution < 1.29 is 14.3 Å². The van der Waals surface area contributed by atoms with Crippen LogP contribution in [0.5, 0.6) is 5.75 Å². The standard InChI is InChI=1S/C18H23N3O3/c1-5-8-13-11-14(18(22)23-4)12-16(24-15-9-10-15)17(13)19-20-21(6-2)7-3/h11-12,15H,6-7,9-10H2,1-4H3. The van der Waals surface area contributed by atoms with E-state index in [-0.39, 0.29) is 6.10 Å². The summed E-state index contributed by atoms with van der Waals surface area (Å²) in [5.74, 6) is 5.92. The Bertz CT molecular complexity index is 681. The van der Waals surface area contributed by atoms with Gasteiger partial charge in [0, 0.05) is 13.1 Å². The van der Waals surface area contributed by atoms with Crippen molar-refractivity contribution in [2.45, 2.75) is 39.7 Å². The van der Waals surface area contributed by atoms with E-state index in [4.69, 9.17) is 9.47 Å². The fourth-order valence-electron chi connectivity index (χ4n) is 2.09. The zero-order valence-electron chi connectivity index (χ0n) is 14.6. The summed E-state index contributed by atoms with van der Waals surface area (Å²) in [4.78, 5) is 11.9. The first-order valence-electron chi connectivity index (χ1n) is 8.15. The Labute approximate surface area is 142 Å². The van der Waals surface area contributed by atoms with Gasteiger partial charge in [-0.2, -0.15) is 0 Å². The first kappa shape index (κ1) is 17.8. The minimum absolute atomic E-state index is 0.169. The van der Waals surface area contributed by atoms with E-state index in [1.807, 2.05) is 18.9 Å². The molecule has 0 N–H and O–H groups in total. The van der Waals surface area contributed by atoms with Crippen molar-refractivity contribution >= 4 is 11.7 Å². The van der Waals surface area contributed by atoms with E-state index < -0.39 is 5.97 Å². The highest BCUT2D eigenvalue weighted by Crippen LogP contribution is 2.37. The molecule has 1 aliphatic carbocycles. The second-order valence-electron chi connectivity index (χ2n) is 5.38. The van der Waals surface area contributed by atoms with Gasteiger partial charge in [0.1, 0.15) is 11.4 Å². The fourth-order valence-corrected chi connectivity index (χ4v) is 2.09. The van der Waals surface area contributed by atoms with Crippen molar-refractivity contribution in [1.29, 1.82) is 0 Å². The summed E-state index contributed by atoms with van der Waals surface area (Å²) in [7, 11) is 1.35. The Morgan fingerprint density at radius 3 is 2.58 bits per heavy atom. The average molecular weight is 329 g/mol. The molecule has 1 fully saturated rings. The minimum Gasteiger partial charge on any atom is -0.488 e. The summed E-state index contributed by atoms with van der Waals surface area (Å²) in [6, 6.07) is 3.32. The zero-order chi connectivity index (χ0) is 17.5. The third kappa shape index (κ3) is 4.48. The molecule has 0 amide bonds. The van der Waals surface area contributed by atoms with Crippen LogP contribution in [0.15, 0.2) is 22.5 Å². The molecular formula is C18H23N3O3. The van der Waals surface area contributed by atoms with Crippen LogP contribution in [-0.4, -0.2) is 37.3 Å². The molecule has 0 heterocycles. The van der Waals surface area contributed by atoms with Crippen molar-refractivity contribution in [2.24, 2.45) is 10.3 Å². The van der Waals surface area contributed by atoms with E-state index in [1.165, 1.54) is 7.11 Å². The van der Waals surface area contributed by atoms with Gasteiger partial charge in [-0.05, 0) is 45.7 Å². The van der Waals surface area contributed by atoms with Gasteiger partial charge in [0.15, 0.2) is 0 Å². The Balaban J connectivity index is 2.50.